The molecule has 4 heteroatoms. The van der Waals surface area contributed by atoms with Crippen LogP contribution < -0.4 is 11.3 Å². The van der Waals surface area contributed by atoms with Crippen molar-refractivity contribution in [1.82, 2.24) is 5.43 Å². The summed E-state index contributed by atoms with van der Waals surface area (Å²) in [6, 6.07) is 8.81. The normalized spacial score (nSPS) is 16.7. The van der Waals surface area contributed by atoms with Gasteiger partial charge in [0.15, 0.2) is 0 Å². The number of fused-ring (bicyclic) bond motifs is 1. The number of hydrazine groups is 1. The Balaban J connectivity index is 2.09. The summed E-state index contributed by atoms with van der Waals surface area (Å²) in [6.07, 6.45) is 2.38. The van der Waals surface area contributed by atoms with E-state index in [1.165, 1.54) is 22.9 Å². The molecule has 1 aliphatic rings. The molecule has 3 rings (SSSR count). The van der Waals surface area contributed by atoms with E-state index in [0.29, 0.717) is 6.04 Å². The monoisotopic (exact) mass is 231 g/mol. The molecule has 1 saturated carbocycles. The van der Waals surface area contributed by atoms with Gasteiger partial charge in [0.05, 0.1) is 6.04 Å². The molecule has 1 aliphatic carbocycles. The Bertz CT molecular complexity index is 540. The number of hydrogen-bond donors (Lipinski definition) is 2. The summed E-state index contributed by atoms with van der Waals surface area (Å²) >= 11 is 1.73. The minimum absolute atomic E-state index is 0.477. The Hall–Kier alpha value is -1.39. The third-order valence-corrected chi connectivity index (χ3v) is 3.69. The first-order chi connectivity index (χ1) is 7.88. The quantitative estimate of drug-likeness (QED) is 0.360. The van der Waals surface area contributed by atoms with Crippen molar-refractivity contribution in [1.29, 1.82) is 0 Å². The summed E-state index contributed by atoms with van der Waals surface area (Å²) < 4.78 is 1.27. The minimum Gasteiger partial charge on any atom is -0.308 e. The maximum atomic E-state index is 5.55. The molecule has 1 aromatic carbocycles. The van der Waals surface area contributed by atoms with E-state index in [1.54, 1.807) is 11.3 Å². The summed E-state index contributed by atoms with van der Waals surface area (Å²) in [5.41, 5.74) is 3.84. The van der Waals surface area contributed by atoms with Gasteiger partial charge in [-0.1, -0.05) is 18.2 Å². The number of nitrogens with zero attached hydrogens (tertiary/aromatic N) is 1. The fourth-order valence-electron chi connectivity index (χ4n) is 1.73. The van der Waals surface area contributed by atoms with Gasteiger partial charge in [-0.15, -0.1) is 11.3 Å². The molecule has 1 aromatic heterocycles. The van der Waals surface area contributed by atoms with Crippen LogP contribution in [0.2, 0.25) is 0 Å². The molecule has 3 nitrogen and oxygen atoms in total. The number of nitrogens with two attached hydrogens (primary N) is 1. The summed E-state index contributed by atoms with van der Waals surface area (Å²) in [5.74, 6) is 6.37. The van der Waals surface area contributed by atoms with E-state index < -0.39 is 0 Å². The number of amidine groups is 1. The van der Waals surface area contributed by atoms with E-state index in [9.17, 15) is 0 Å². The highest BCUT2D eigenvalue weighted by Crippen LogP contribution is 2.28. The van der Waals surface area contributed by atoms with Crippen molar-refractivity contribution in [3.63, 3.8) is 0 Å². The van der Waals surface area contributed by atoms with E-state index in [2.05, 4.69) is 34.0 Å². The first kappa shape index (κ1) is 9.81. The molecular formula is C12H13N3S. The van der Waals surface area contributed by atoms with Crippen molar-refractivity contribution < 1.29 is 0 Å². The topological polar surface area (TPSA) is 50.4 Å². The highest BCUT2D eigenvalue weighted by molar-refractivity contribution is 7.17. The lowest BCUT2D eigenvalue weighted by atomic mass is 10.1. The van der Waals surface area contributed by atoms with Gasteiger partial charge in [-0.2, -0.15) is 0 Å². The molecule has 16 heavy (non-hydrogen) atoms. The largest absolute Gasteiger partial charge is 0.308 e. The third-order valence-electron chi connectivity index (χ3n) is 2.73. The van der Waals surface area contributed by atoms with Crippen LogP contribution in [0.25, 0.3) is 10.1 Å². The number of nitrogens with one attached hydrogen (secondary N) is 1. The molecule has 0 atom stereocenters. The fourth-order valence-corrected chi connectivity index (χ4v) is 2.68. The Labute approximate surface area is 98.0 Å². The number of aliphatic imine (C=N–C) groups is 1. The lowest BCUT2D eigenvalue weighted by Gasteiger charge is -2.03. The molecular weight excluding hydrogens is 218 g/mol. The lowest BCUT2D eigenvalue weighted by Crippen LogP contribution is -2.31. The summed E-state index contributed by atoms with van der Waals surface area (Å²) in [5, 5.41) is 3.34. The predicted octanol–water partition coefficient (Wildman–Crippen LogP) is 2.27. The lowest BCUT2D eigenvalue weighted by molar-refractivity contribution is 0.973. The van der Waals surface area contributed by atoms with Crippen molar-refractivity contribution in [2.45, 2.75) is 18.9 Å². The molecule has 0 aliphatic heterocycles. The van der Waals surface area contributed by atoms with Crippen LogP contribution in [0.1, 0.15) is 18.4 Å². The summed E-state index contributed by atoms with van der Waals surface area (Å²) in [6.45, 7) is 0. The minimum atomic E-state index is 0.477. The standard InChI is InChI=1S/C12H13N3S/c13-15-12(14-8-5-6-8)10-7-16-11-4-2-1-3-9(10)11/h1-4,7-8H,5-6,13H2,(H,14,15). The van der Waals surface area contributed by atoms with Crippen LogP contribution in [0.3, 0.4) is 0 Å². The van der Waals surface area contributed by atoms with Crippen LogP contribution >= 0.6 is 11.3 Å². The second-order valence-corrected chi connectivity index (χ2v) is 4.91. The Morgan fingerprint density at radius 3 is 2.94 bits per heavy atom. The van der Waals surface area contributed by atoms with Crippen LogP contribution in [0.5, 0.6) is 0 Å². The van der Waals surface area contributed by atoms with Crippen LogP contribution in [-0.2, 0) is 0 Å². The van der Waals surface area contributed by atoms with E-state index in [-0.39, 0.29) is 0 Å². The maximum absolute atomic E-state index is 5.55. The van der Waals surface area contributed by atoms with Crippen molar-refractivity contribution in [2.24, 2.45) is 10.8 Å². The molecule has 0 unspecified atom stereocenters. The van der Waals surface area contributed by atoms with Gasteiger partial charge in [0, 0.05) is 21.0 Å². The van der Waals surface area contributed by atoms with Crippen molar-refractivity contribution in [3.8, 4) is 0 Å². The molecule has 0 bridgehead atoms. The highest BCUT2D eigenvalue weighted by atomic mass is 32.1. The molecule has 0 radical (unpaired) electrons. The van der Waals surface area contributed by atoms with Crippen molar-refractivity contribution >= 4 is 27.3 Å². The van der Waals surface area contributed by atoms with Gasteiger partial charge < -0.3 is 5.43 Å². The molecule has 1 heterocycles. The average molecular weight is 231 g/mol. The van der Waals surface area contributed by atoms with Crippen LogP contribution in [0.4, 0.5) is 0 Å². The number of thiophene rings is 1. The number of hydrogen-bond acceptors (Lipinski definition) is 3. The molecule has 3 N–H and O–H groups in total. The van der Waals surface area contributed by atoms with Gasteiger partial charge in [0.25, 0.3) is 0 Å². The zero-order chi connectivity index (χ0) is 11.0. The third kappa shape index (κ3) is 1.70. The second kappa shape index (κ2) is 3.88. The van der Waals surface area contributed by atoms with E-state index in [0.717, 1.165) is 11.4 Å². The average Bonchev–Trinajstić information content (AvgIpc) is 3.04. The van der Waals surface area contributed by atoms with Gasteiger partial charge in [0.1, 0.15) is 5.84 Å². The molecule has 0 amide bonds. The molecule has 82 valence electrons. The predicted molar refractivity (Wildman–Crippen MR) is 68.7 cm³/mol. The zero-order valence-electron chi connectivity index (χ0n) is 8.81. The van der Waals surface area contributed by atoms with Gasteiger partial charge >= 0.3 is 0 Å². The van der Waals surface area contributed by atoms with Crippen LogP contribution in [-0.4, -0.2) is 11.9 Å². The van der Waals surface area contributed by atoms with Crippen molar-refractivity contribution in [3.05, 3.63) is 35.2 Å². The second-order valence-electron chi connectivity index (χ2n) is 4.00. The fraction of sp³-hybridized carbons (Fsp3) is 0.250. The van der Waals surface area contributed by atoms with E-state index >= 15 is 0 Å². The zero-order valence-corrected chi connectivity index (χ0v) is 9.63. The first-order valence-corrected chi connectivity index (χ1v) is 6.27. The number of rotatable bonds is 2. The smallest absolute Gasteiger partial charge is 0.144 e. The first-order valence-electron chi connectivity index (χ1n) is 5.39. The van der Waals surface area contributed by atoms with Gasteiger partial charge in [-0.25, -0.2) is 5.84 Å². The Morgan fingerprint density at radius 1 is 1.38 bits per heavy atom. The molecule has 2 aromatic rings. The molecule has 1 fully saturated rings. The number of benzene rings is 1. The molecule has 0 saturated heterocycles. The van der Waals surface area contributed by atoms with Crippen molar-refractivity contribution in [2.75, 3.05) is 0 Å². The summed E-state index contributed by atoms with van der Waals surface area (Å²) in [7, 11) is 0. The van der Waals surface area contributed by atoms with E-state index in [1.807, 2.05) is 6.07 Å². The summed E-state index contributed by atoms with van der Waals surface area (Å²) in [4.78, 5) is 4.59. The van der Waals surface area contributed by atoms with Crippen LogP contribution in [0, 0.1) is 0 Å². The Kier molecular flexibility index (Phi) is 2.38. The highest BCUT2D eigenvalue weighted by Gasteiger charge is 2.22. The van der Waals surface area contributed by atoms with Gasteiger partial charge in [0.2, 0.25) is 0 Å². The van der Waals surface area contributed by atoms with Crippen LogP contribution in [0.15, 0.2) is 34.6 Å². The van der Waals surface area contributed by atoms with Gasteiger partial charge in [-0.05, 0) is 18.9 Å². The van der Waals surface area contributed by atoms with E-state index in [4.69, 9.17) is 5.84 Å². The maximum Gasteiger partial charge on any atom is 0.144 e. The SMILES string of the molecule is NNC(=NC1CC1)c1csc2ccccc12. The van der Waals surface area contributed by atoms with Gasteiger partial charge in [-0.3, -0.25) is 4.99 Å². The Morgan fingerprint density at radius 2 is 2.19 bits per heavy atom. The molecule has 0 spiro atoms.